The van der Waals surface area contributed by atoms with E-state index in [1.165, 1.54) is 39.0 Å². The van der Waals surface area contributed by atoms with Crippen LogP contribution in [0.5, 0.6) is 0 Å². The van der Waals surface area contributed by atoms with Crippen LogP contribution in [-0.2, 0) is 10.8 Å². The molecule has 29 heavy (non-hydrogen) atoms. The lowest BCUT2D eigenvalue weighted by molar-refractivity contribution is -0.402. The minimum atomic E-state index is 0.0276. The Morgan fingerprint density at radius 2 is 1.55 bits per heavy atom. The highest BCUT2D eigenvalue weighted by molar-refractivity contribution is 6.03. The molecule has 2 nitrogen and oxygen atoms in total. The van der Waals surface area contributed by atoms with Crippen LogP contribution in [0.2, 0.25) is 0 Å². The minimum Gasteiger partial charge on any atom is -0.370 e. The summed E-state index contributed by atoms with van der Waals surface area (Å²) in [6.07, 6.45) is 1.06. The van der Waals surface area contributed by atoms with Gasteiger partial charge in [0.2, 0.25) is 5.69 Å². The van der Waals surface area contributed by atoms with Crippen LogP contribution in [0, 0.1) is 0 Å². The van der Waals surface area contributed by atoms with Gasteiger partial charge in [-0.3, -0.25) is 0 Å². The summed E-state index contributed by atoms with van der Waals surface area (Å²) < 4.78 is 2.49. The van der Waals surface area contributed by atoms with Gasteiger partial charge >= 0.3 is 0 Å². The minimum absolute atomic E-state index is 0.0276. The summed E-state index contributed by atoms with van der Waals surface area (Å²) in [7, 11) is 4.54. The Kier molecular flexibility index (Phi) is 3.78. The first-order valence-electron chi connectivity index (χ1n) is 10.7. The van der Waals surface area contributed by atoms with E-state index in [4.69, 9.17) is 0 Å². The van der Waals surface area contributed by atoms with Gasteiger partial charge in [-0.2, -0.15) is 0 Å². The highest BCUT2D eigenvalue weighted by Crippen LogP contribution is 2.49. The molecule has 5 rings (SSSR count). The van der Waals surface area contributed by atoms with Gasteiger partial charge in [-0.15, -0.1) is 0 Å². The van der Waals surface area contributed by atoms with E-state index in [-0.39, 0.29) is 10.8 Å². The molecule has 0 aliphatic carbocycles. The number of hydrogen-bond acceptors (Lipinski definition) is 1. The SMILES string of the molecule is CN1c2ccccc2C(C)(C)C1CC1=[N+](C)c2c(ccc3ccccc23)C1(C)C. The van der Waals surface area contributed by atoms with Gasteiger partial charge in [0.1, 0.15) is 7.05 Å². The van der Waals surface area contributed by atoms with Gasteiger partial charge in [-0.1, -0.05) is 62.4 Å². The molecule has 3 aromatic carbocycles. The van der Waals surface area contributed by atoms with Crippen LogP contribution in [0.1, 0.15) is 45.2 Å². The Hall–Kier alpha value is -2.61. The van der Waals surface area contributed by atoms with E-state index in [2.05, 4.69) is 112 Å². The van der Waals surface area contributed by atoms with Crippen molar-refractivity contribution in [3.05, 3.63) is 71.8 Å². The van der Waals surface area contributed by atoms with Gasteiger partial charge in [-0.05, 0) is 36.9 Å². The molecule has 2 aliphatic heterocycles. The molecule has 0 spiro atoms. The maximum atomic E-state index is 2.51. The molecule has 2 heterocycles. The van der Waals surface area contributed by atoms with Gasteiger partial charge in [-0.25, -0.2) is 4.58 Å². The Labute approximate surface area is 174 Å². The van der Waals surface area contributed by atoms with Crippen molar-refractivity contribution in [3.63, 3.8) is 0 Å². The van der Waals surface area contributed by atoms with Gasteiger partial charge < -0.3 is 4.90 Å². The number of hydrogen-bond donors (Lipinski definition) is 0. The molecule has 0 amide bonds. The van der Waals surface area contributed by atoms with Crippen LogP contribution >= 0.6 is 0 Å². The molecule has 0 saturated heterocycles. The second-order valence-corrected chi connectivity index (χ2v) is 9.88. The Balaban J connectivity index is 1.63. The molecule has 0 aromatic heterocycles. The standard InChI is InChI=1S/C27H31N2/c1-26(2)20-13-9-10-14-22(20)28(5)23(26)17-24-27(3,4)21-16-15-18-11-7-8-12-19(18)25(21)29(24)6/h7-16,23H,17H2,1-6H3/q+1. The first-order valence-corrected chi connectivity index (χ1v) is 10.7. The number of nitrogens with zero attached hydrogens (tertiary/aromatic N) is 2. The van der Waals surface area contributed by atoms with Crippen molar-refractivity contribution in [2.45, 2.75) is 51.0 Å². The van der Waals surface area contributed by atoms with Crippen molar-refractivity contribution in [2.75, 3.05) is 19.0 Å². The van der Waals surface area contributed by atoms with E-state index in [1.807, 2.05) is 0 Å². The Morgan fingerprint density at radius 3 is 2.31 bits per heavy atom. The number of likely N-dealkylation sites (N-methyl/N-ethyl adjacent to an activating group) is 1. The summed E-state index contributed by atoms with van der Waals surface area (Å²) >= 11 is 0. The zero-order valence-electron chi connectivity index (χ0n) is 18.5. The van der Waals surface area contributed by atoms with Crippen LogP contribution in [0.25, 0.3) is 10.8 Å². The summed E-state index contributed by atoms with van der Waals surface area (Å²) in [6, 6.07) is 22.8. The van der Waals surface area contributed by atoms with Crippen molar-refractivity contribution in [3.8, 4) is 0 Å². The Morgan fingerprint density at radius 1 is 0.862 bits per heavy atom. The second-order valence-electron chi connectivity index (χ2n) is 9.88. The normalized spacial score (nSPS) is 21.6. The van der Waals surface area contributed by atoms with Crippen LogP contribution < -0.4 is 4.90 Å². The third-order valence-electron chi connectivity index (χ3n) is 7.70. The Bertz CT molecular complexity index is 1170. The van der Waals surface area contributed by atoms with Crippen molar-refractivity contribution in [1.82, 2.24) is 0 Å². The molecule has 3 aromatic rings. The van der Waals surface area contributed by atoms with Crippen LogP contribution in [0.3, 0.4) is 0 Å². The second kappa shape index (κ2) is 5.95. The largest absolute Gasteiger partial charge is 0.370 e. The lowest BCUT2D eigenvalue weighted by Crippen LogP contribution is -2.44. The summed E-state index contributed by atoms with van der Waals surface area (Å²) in [4.78, 5) is 2.51. The van der Waals surface area contributed by atoms with Gasteiger partial charge in [0.05, 0.1) is 17.2 Å². The van der Waals surface area contributed by atoms with E-state index in [1.54, 1.807) is 0 Å². The van der Waals surface area contributed by atoms with E-state index in [0.29, 0.717) is 6.04 Å². The molecule has 1 atom stereocenters. The summed E-state index contributed by atoms with van der Waals surface area (Å²) in [5, 5.41) is 2.68. The highest BCUT2D eigenvalue weighted by Gasteiger charge is 2.50. The molecule has 0 saturated carbocycles. The maximum absolute atomic E-state index is 2.51. The molecule has 0 fully saturated rings. The molecule has 2 aliphatic rings. The van der Waals surface area contributed by atoms with Crippen LogP contribution in [0.15, 0.2) is 60.7 Å². The number of anilines is 1. The van der Waals surface area contributed by atoms with Crippen LogP contribution in [-0.4, -0.2) is 30.4 Å². The van der Waals surface area contributed by atoms with Crippen molar-refractivity contribution in [1.29, 1.82) is 0 Å². The van der Waals surface area contributed by atoms with Gasteiger partial charge in [0.25, 0.3) is 0 Å². The maximum Gasteiger partial charge on any atom is 0.217 e. The first kappa shape index (κ1) is 18.4. The highest BCUT2D eigenvalue weighted by atomic mass is 15.2. The third-order valence-corrected chi connectivity index (χ3v) is 7.70. The molecule has 2 heteroatoms. The summed E-state index contributed by atoms with van der Waals surface area (Å²) in [5.74, 6) is 0. The fourth-order valence-electron chi connectivity index (χ4n) is 5.96. The van der Waals surface area contributed by atoms with Crippen molar-refractivity contribution < 1.29 is 4.58 Å². The molecule has 0 N–H and O–H groups in total. The van der Waals surface area contributed by atoms with E-state index in [9.17, 15) is 0 Å². The fourth-order valence-corrected chi connectivity index (χ4v) is 5.96. The smallest absolute Gasteiger partial charge is 0.217 e. The number of benzene rings is 3. The van der Waals surface area contributed by atoms with Crippen molar-refractivity contribution >= 4 is 27.9 Å². The average Bonchev–Trinajstić information content (AvgIpc) is 3.02. The number of para-hydroxylation sites is 1. The molecule has 1 unspecified atom stereocenters. The predicted octanol–water partition coefficient (Wildman–Crippen LogP) is 6.03. The topological polar surface area (TPSA) is 6.25 Å². The lowest BCUT2D eigenvalue weighted by atomic mass is 9.73. The number of fused-ring (bicyclic) bond motifs is 4. The first-order chi connectivity index (χ1) is 13.7. The zero-order chi connectivity index (χ0) is 20.6. The molecule has 148 valence electrons. The number of rotatable bonds is 2. The lowest BCUT2D eigenvalue weighted by Gasteiger charge is -2.33. The van der Waals surface area contributed by atoms with Crippen LogP contribution in [0.4, 0.5) is 11.4 Å². The van der Waals surface area contributed by atoms with Crippen molar-refractivity contribution in [2.24, 2.45) is 0 Å². The average molecular weight is 384 g/mol. The molecule has 0 bridgehead atoms. The quantitative estimate of drug-likeness (QED) is 0.490. The third kappa shape index (κ3) is 2.38. The summed E-state index contributed by atoms with van der Waals surface area (Å²) in [6.45, 7) is 9.61. The fraction of sp³-hybridized carbons (Fsp3) is 0.370. The molecular formula is C27H31N2+. The monoisotopic (exact) mass is 383 g/mol. The van der Waals surface area contributed by atoms with Gasteiger partial charge in [0, 0.05) is 29.8 Å². The predicted molar refractivity (Wildman–Crippen MR) is 124 cm³/mol. The summed E-state index contributed by atoms with van der Waals surface area (Å²) in [5.41, 5.74) is 7.34. The van der Waals surface area contributed by atoms with E-state index in [0.717, 1.165) is 6.42 Å². The molecule has 0 radical (unpaired) electrons. The van der Waals surface area contributed by atoms with E-state index >= 15 is 0 Å². The van der Waals surface area contributed by atoms with E-state index < -0.39 is 0 Å². The zero-order valence-corrected chi connectivity index (χ0v) is 18.5. The molecular weight excluding hydrogens is 352 g/mol. The van der Waals surface area contributed by atoms with Gasteiger partial charge in [0.15, 0.2) is 5.71 Å².